The number of carbonyl (C=O) groups is 1. The molecular weight excluding hydrogens is 370 g/mol. The van der Waals surface area contributed by atoms with E-state index in [1.54, 1.807) is 17.2 Å². The Morgan fingerprint density at radius 2 is 2.00 bits per heavy atom. The largest absolute Gasteiger partial charge is 0.462 e. The number of ether oxygens (including phenoxy) is 1. The first-order valence-electron chi connectivity index (χ1n) is 11.7. The van der Waals surface area contributed by atoms with E-state index >= 15 is 0 Å². The van der Waals surface area contributed by atoms with Crippen LogP contribution in [0.15, 0.2) is 53.2 Å². The molecule has 4 aliphatic carbocycles. The molecule has 1 unspecified atom stereocenters. The molecule has 6 atom stereocenters. The van der Waals surface area contributed by atoms with Gasteiger partial charge in [0.05, 0.1) is 0 Å². The van der Waals surface area contributed by atoms with Crippen molar-refractivity contribution in [3.63, 3.8) is 0 Å². The van der Waals surface area contributed by atoms with Crippen LogP contribution in [0.25, 0.3) is 0 Å². The number of carbonyl (C=O) groups excluding carboxylic acids is 1. The summed E-state index contributed by atoms with van der Waals surface area (Å²) in [6.07, 6.45) is 21.7. The van der Waals surface area contributed by atoms with Gasteiger partial charge in [0.25, 0.3) is 0 Å². The Kier molecular flexibility index (Phi) is 5.92. The normalized spacial score (nSPS) is 40.4. The number of rotatable bonds is 5. The van der Waals surface area contributed by atoms with Gasteiger partial charge >= 0.3 is 5.97 Å². The van der Waals surface area contributed by atoms with Crippen LogP contribution in [0.1, 0.15) is 72.1 Å². The minimum Gasteiger partial charge on any atom is -0.462 e. The van der Waals surface area contributed by atoms with Gasteiger partial charge in [-0.25, -0.2) is 0 Å². The molecule has 2 fully saturated rings. The number of aliphatic imine (C=N–C) groups is 1. The van der Waals surface area contributed by atoms with Gasteiger partial charge in [0.15, 0.2) is 0 Å². The smallest absolute Gasteiger partial charge is 0.302 e. The van der Waals surface area contributed by atoms with Crippen LogP contribution in [0, 0.1) is 28.6 Å². The summed E-state index contributed by atoms with van der Waals surface area (Å²) in [6.45, 7) is 10.2. The number of esters is 1. The van der Waals surface area contributed by atoms with Gasteiger partial charge in [-0.15, -0.1) is 0 Å². The summed E-state index contributed by atoms with van der Waals surface area (Å²) in [6, 6.07) is 0. The molecule has 0 heterocycles. The van der Waals surface area contributed by atoms with E-state index in [9.17, 15) is 4.79 Å². The Hall–Kier alpha value is -1.90. The SMILES string of the molecule is C=C/C=C\N=C/CC1=CC[C@H]2C3CC=C4C[C@@H](OC(C)=O)CC[C@]4(C)[C@H]3CC[C@]12C. The predicted molar refractivity (Wildman–Crippen MR) is 123 cm³/mol. The summed E-state index contributed by atoms with van der Waals surface area (Å²) in [7, 11) is 0. The molecule has 0 aromatic rings. The first kappa shape index (κ1) is 21.3. The van der Waals surface area contributed by atoms with Gasteiger partial charge in [0.2, 0.25) is 0 Å². The Bertz CT molecular complexity index is 819. The van der Waals surface area contributed by atoms with Gasteiger partial charge in [-0.1, -0.05) is 49.8 Å². The van der Waals surface area contributed by atoms with Crippen molar-refractivity contribution in [3.05, 3.63) is 48.2 Å². The van der Waals surface area contributed by atoms with Crippen molar-refractivity contribution < 1.29 is 9.53 Å². The van der Waals surface area contributed by atoms with Crippen molar-refractivity contribution in [2.75, 3.05) is 0 Å². The zero-order valence-corrected chi connectivity index (χ0v) is 18.9. The van der Waals surface area contributed by atoms with Crippen LogP contribution in [0.5, 0.6) is 0 Å². The van der Waals surface area contributed by atoms with Gasteiger partial charge in [-0.05, 0) is 73.2 Å². The molecule has 3 heteroatoms. The van der Waals surface area contributed by atoms with Crippen LogP contribution in [0.4, 0.5) is 0 Å². The number of hydrogen-bond donors (Lipinski definition) is 0. The van der Waals surface area contributed by atoms with Gasteiger partial charge in [0, 0.05) is 32.2 Å². The molecule has 0 bridgehead atoms. The fourth-order valence-corrected chi connectivity index (χ4v) is 7.26. The van der Waals surface area contributed by atoms with Crippen LogP contribution in [0.2, 0.25) is 0 Å². The van der Waals surface area contributed by atoms with E-state index < -0.39 is 0 Å². The third-order valence-electron chi connectivity index (χ3n) is 8.86. The average Bonchev–Trinajstić information content (AvgIpc) is 3.04. The summed E-state index contributed by atoms with van der Waals surface area (Å²) in [4.78, 5) is 15.8. The second kappa shape index (κ2) is 8.32. The van der Waals surface area contributed by atoms with Crippen molar-refractivity contribution >= 4 is 12.2 Å². The maximum atomic E-state index is 11.4. The number of hydrogen-bond acceptors (Lipinski definition) is 3. The zero-order chi connectivity index (χ0) is 21.4. The number of nitrogens with zero attached hydrogens (tertiary/aromatic N) is 1. The topological polar surface area (TPSA) is 38.7 Å². The van der Waals surface area contributed by atoms with E-state index in [2.05, 4.69) is 43.8 Å². The minimum absolute atomic E-state index is 0.0846. The lowest BCUT2D eigenvalue weighted by Crippen LogP contribution is -2.50. The molecule has 0 radical (unpaired) electrons. The zero-order valence-electron chi connectivity index (χ0n) is 18.9. The molecule has 0 saturated heterocycles. The third-order valence-corrected chi connectivity index (χ3v) is 8.86. The molecular formula is C27H37NO2. The summed E-state index contributed by atoms with van der Waals surface area (Å²) < 4.78 is 5.57. The van der Waals surface area contributed by atoms with Crippen LogP contribution >= 0.6 is 0 Å². The van der Waals surface area contributed by atoms with E-state index in [1.165, 1.54) is 32.6 Å². The quantitative estimate of drug-likeness (QED) is 0.223. The van der Waals surface area contributed by atoms with Crippen molar-refractivity contribution in [3.8, 4) is 0 Å². The fourth-order valence-electron chi connectivity index (χ4n) is 7.26. The van der Waals surface area contributed by atoms with Crippen LogP contribution in [0.3, 0.4) is 0 Å². The monoisotopic (exact) mass is 407 g/mol. The maximum Gasteiger partial charge on any atom is 0.302 e. The van der Waals surface area contributed by atoms with Crippen LogP contribution in [-0.4, -0.2) is 18.3 Å². The van der Waals surface area contributed by atoms with E-state index in [-0.39, 0.29) is 12.1 Å². The lowest BCUT2D eigenvalue weighted by Gasteiger charge is -2.57. The third kappa shape index (κ3) is 3.65. The number of fused-ring (bicyclic) bond motifs is 5. The molecule has 4 aliphatic rings. The molecule has 2 saturated carbocycles. The molecule has 3 nitrogen and oxygen atoms in total. The highest BCUT2D eigenvalue weighted by Crippen LogP contribution is 2.65. The van der Waals surface area contributed by atoms with Crippen molar-refractivity contribution in [1.29, 1.82) is 0 Å². The molecule has 0 amide bonds. The first-order chi connectivity index (χ1) is 14.4. The van der Waals surface area contributed by atoms with E-state index in [0.29, 0.717) is 10.8 Å². The van der Waals surface area contributed by atoms with Gasteiger partial charge in [0.1, 0.15) is 6.10 Å². The van der Waals surface area contributed by atoms with Gasteiger partial charge in [-0.3, -0.25) is 9.79 Å². The highest BCUT2D eigenvalue weighted by molar-refractivity contribution is 5.66. The van der Waals surface area contributed by atoms with Crippen LogP contribution < -0.4 is 0 Å². The highest BCUT2D eigenvalue weighted by atomic mass is 16.5. The first-order valence-corrected chi connectivity index (χ1v) is 11.7. The van der Waals surface area contributed by atoms with E-state index in [1.807, 2.05) is 12.3 Å². The van der Waals surface area contributed by atoms with Gasteiger partial charge in [-0.2, -0.15) is 0 Å². The molecule has 30 heavy (non-hydrogen) atoms. The molecule has 0 spiro atoms. The Morgan fingerprint density at radius 3 is 2.77 bits per heavy atom. The average molecular weight is 408 g/mol. The summed E-state index contributed by atoms with van der Waals surface area (Å²) >= 11 is 0. The van der Waals surface area contributed by atoms with Crippen molar-refractivity contribution in [2.45, 2.75) is 78.2 Å². The van der Waals surface area contributed by atoms with Crippen LogP contribution in [-0.2, 0) is 9.53 Å². The maximum absolute atomic E-state index is 11.4. The lowest BCUT2D eigenvalue weighted by molar-refractivity contribution is -0.148. The molecule has 0 aromatic carbocycles. The highest BCUT2D eigenvalue weighted by Gasteiger charge is 2.56. The van der Waals surface area contributed by atoms with E-state index in [0.717, 1.165) is 43.4 Å². The molecule has 0 aliphatic heterocycles. The molecule has 0 N–H and O–H groups in total. The number of allylic oxidation sites excluding steroid dienone is 5. The molecule has 162 valence electrons. The van der Waals surface area contributed by atoms with Gasteiger partial charge < -0.3 is 4.74 Å². The van der Waals surface area contributed by atoms with Crippen molar-refractivity contribution in [2.24, 2.45) is 33.6 Å². The van der Waals surface area contributed by atoms with Crippen molar-refractivity contribution in [1.82, 2.24) is 0 Å². The Morgan fingerprint density at radius 1 is 1.20 bits per heavy atom. The standard InChI is InChI=1S/C27H37NO2/c1-5-6-16-28-17-13-20-8-10-24-23-9-7-21-18-22(30-19(2)29)11-14-27(21,4)25(23)12-15-26(20,24)3/h5-8,16-17,22-25H,1,9-15,18H2,2-4H3/b16-6-,28-17-/t22-,23?,24-,25-,26+,27-/m0/s1. The molecule has 4 rings (SSSR count). The van der Waals surface area contributed by atoms with E-state index in [4.69, 9.17) is 4.74 Å². The Balaban J connectivity index is 1.49. The predicted octanol–water partition coefficient (Wildman–Crippen LogP) is 6.58. The minimum atomic E-state index is -0.139. The summed E-state index contributed by atoms with van der Waals surface area (Å²) in [5.74, 6) is 2.16. The molecule has 0 aromatic heterocycles. The summed E-state index contributed by atoms with van der Waals surface area (Å²) in [5.41, 5.74) is 3.78. The second-order valence-electron chi connectivity index (χ2n) is 10.3. The summed E-state index contributed by atoms with van der Waals surface area (Å²) in [5, 5.41) is 0. The fraction of sp³-hybridized carbons (Fsp3) is 0.630. The lowest BCUT2D eigenvalue weighted by atomic mass is 9.47. The second-order valence-corrected chi connectivity index (χ2v) is 10.3. The Labute approximate surface area is 182 Å².